The highest BCUT2D eigenvalue weighted by Crippen LogP contribution is 2.58. The Morgan fingerprint density at radius 3 is 1.46 bits per heavy atom. The summed E-state index contributed by atoms with van der Waals surface area (Å²) in [7, 11) is -2.00. The van der Waals surface area contributed by atoms with E-state index >= 15 is 0 Å². The average Bonchev–Trinajstić information content (AvgIpc) is 3.23. The molecule has 2 nitrogen and oxygen atoms in total. The predicted molar refractivity (Wildman–Crippen MR) is 118 cm³/mol. The molecule has 0 aliphatic heterocycles. The Labute approximate surface area is 166 Å². The Balaban J connectivity index is 1.96. The molecule has 0 bridgehead atoms. The molecule has 0 aliphatic carbocycles. The minimum absolute atomic E-state index is 0.0469. The van der Waals surface area contributed by atoms with Gasteiger partial charge in [0.2, 0.25) is 0 Å². The Morgan fingerprint density at radius 2 is 1.11 bits per heavy atom. The van der Waals surface area contributed by atoms with Gasteiger partial charge < -0.3 is 4.42 Å². The first kappa shape index (κ1) is 18.4. The molecule has 1 aromatic heterocycles. The van der Waals surface area contributed by atoms with Crippen molar-refractivity contribution in [1.29, 1.82) is 0 Å². The van der Waals surface area contributed by atoms with E-state index in [1.165, 1.54) is 22.8 Å². The lowest BCUT2D eigenvalue weighted by Gasteiger charge is -2.26. The molecule has 3 aromatic carbocycles. The highest BCUT2D eigenvalue weighted by Gasteiger charge is 2.46. The molecule has 138 valence electrons. The molecule has 0 spiro atoms. The summed E-state index contributed by atoms with van der Waals surface area (Å²) in [4.78, 5) is 11.7. The molecule has 0 amide bonds. The van der Waals surface area contributed by atoms with Crippen LogP contribution in [0.1, 0.15) is 23.2 Å². The third-order valence-corrected chi connectivity index (χ3v) is 9.32. The first-order valence-corrected chi connectivity index (χ1v) is 11.3. The number of ketones is 1. The Bertz CT molecular complexity index is 957. The van der Waals surface area contributed by atoms with Gasteiger partial charge in [0.15, 0.2) is 11.5 Å². The number of hydrogen-bond donors (Lipinski definition) is 0. The molecular weight excluding hydrogens is 363 g/mol. The first-order chi connectivity index (χ1) is 13.7. The molecule has 0 aliphatic rings. The second-order valence-electron chi connectivity index (χ2n) is 6.80. The van der Waals surface area contributed by atoms with Crippen LogP contribution < -0.4 is 15.9 Å². The number of carbonyl (C=O) groups is 1. The molecule has 0 atom stereocenters. The average molecular weight is 385 g/mol. The number of benzene rings is 3. The molecule has 0 unspecified atom stereocenters. The molecular formula is C25H22O2P+. The van der Waals surface area contributed by atoms with Crippen LogP contribution in [0.15, 0.2) is 108 Å². The lowest BCUT2D eigenvalue weighted by atomic mass is 10.3. The van der Waals surface area contributed by atoms with Gasteiger partial charge in [0.05, 0.1) is 0 Å². The van der Waals surface area contributed by atoms with Crippen molar-refractivity contribution in [3.63, 3.8) is 0 Å². The van der Waals surface area contributed by atoms with Crippen LogP contribution in [0.4, 0.5) is 0 Å². The van der Waals surface area contributed by atoms with Crippen molar-refractivity contribution in [1.82, 2.24) is 0 Å². The van der Waals surface area contributed by atoms with E-state index in [2.05, 4.69) is 91.0 Å². The highest BCUT2D eigenvalue weighted by molar-refractivity contribution is 7.95. The van der Waals surface area contributed by atoms with Crippen molar-refractivity contribution in [3.05, 3.63) is 115 Å². The third-order valence-electron chi connectivity index (χ3n) is 4.99. The number of furan rings is 1. The van der Waals surface area contributed by atoms with Crippen LogP contribution in [-0.4, -0.2) is 5.78 Å². The van der Waals surface area contributed by atoms with E-state index in [-0.39, 0.29) is 5.78 Å². The van der Waals surface area contributed by atoms with Crippen molar-refractivity contribution < 1.29 is 9.21 Å². The largest absolute Gasteiger partial charge is 0.454 e. The zero-order valence-corrected chi connectivity index (χ0v) is 16.7. The maximum Gasteiger partial charge on any atom is 0.194 e. The minimum atomic E-state index is -2.00. The van der Waals surface area contributed by atoms with Crippen LogP contribution in [0.3, 0.4) is 0 Å². The molecule has 0 saturated heterocycles. The molecule has 0 N–H and O–H groups in total. The van der Waals surface area contributed by atoms with Crippen LogP contribution in [0.2, 0.25) is 0 Å². The van der Waals surface area contributed by atoms with Crippen molar-refractivity contribution in [2.24, 2.45) is 0 Å². The lowest BCUT2D eigenvalue weighted by Crippen LogP contribution is -2.32. The topological polar surface area (TPSA) is 30.2 Å². The summed E-state index contributed by atoms with van der Waals surface area (Å²) in [5.41, 5.74) is 0. The van der Waals surface area contributed by atoms with Crippen LogP contribution in [0, 0.1) is 0 Å². The smallest absolute Gasteiger partial charge is 0.194 e. The van der Waals surface area contributed by atoms with Gasteiger partial charge in [-0.15, -0.1) is 0 Å². The number of rotatable bonds is 6. The number of Topliss-reactive ketones (excluding diaryl/α,β-unsaturated/α-hetero) is 1. The van der Waals surface area contributed by atoms with Gasteiger partial charge in [-0.3, -0.25) is 4.79 Å². The Morgan fingerprint density at radius 1 is 0.679 bits per heavy atom. The molecule has 0 saturated carbocycles. The van der Waals surface area contributed by atoms with Crippen LogP contribution in [-0.2, 0) is 6.16 Å². The Hall–Kier alpha value is -2.96. The molecule has 3 heteroatoms. The van der Waals surface area contributed by atoms with E-state index in [4.69, 9.17) is 4.42 Å². The summed E-state index contributed by atoms with van der Waals surface area (Å²) in [5.74, 6) is 1.21. The first-order valence-electron chi connectivity index (χ1n) is 9.35. The fraction of sp³-hybridized carbons (Fsp3) is 0.0800. The van der Waals surface area contributed by atoms with Crippen molar-refractivity contribution in [3.8, 4) is 0 Å². The quantitative estimate of drug-likeness (QED) is 0.346. The number of carbonyl (C=O) groups excluding carboxylic acids is 1. The van der Waals surface area contributed by atoms with E-state index in [1.54, 1.807) is 6.07 Å². The zero-order chi connectivity index (χ0) is 19.4. The number of hydrogen-bond acceptors (Lipinski definition) is 2. The third kappa shape index (κ3) is 3.44. The summed E-state index contributed by atoms with van der Waals surface area (Å²) >= 11 is 0. The van der Waals surface area contributed by atoms with Crippen LogP contribution in [0.5, 0.6) is 0 Å². The summed E-state index contributed by atoms with van der Waals surface area (Å²) in [6.45, 7) is 1.54. The van der Waals surface area contributed by atoms with Gasteiger partial charge in [-0.1, -0.05) is 54.6 Å². The Kier molecular flexibility index (Phi) is 5.23. The fourth-order valence-corrected chi connectivity index (χ4v) is 7.78. The summed E-state index contributed by atoms with van der Waals surface area (Å²) in [6, 6.07) is 35.7. The standard InChI is InChI=1S/C25H22O2P/c1-20(26)25-18-17-21(27-25)19-28(22-11-5-2-6-12-22,23-13-7-3-8-14-23)24-15-9-4-10-16-24/h2-18H,19H2,1H3/q+1. The van der Waals surface area contributed by atoms with Gasteiger partial charge in [0, 0.05) is 6.92 Å². The zero-order valence-electron chi connectivity index (χ0n) is 15.8. The van der Waals surface area contributed by atoms with Crippen molar-refractivity contribution >= 4 is 29.0 Å². The molecule has 1 heterocycles. The lowest BCUT2D eigenvalue weighted by molar-refractivity contribution is 0.0986. The van der Waals surface area contributed by atoms with E-state index in [0.29, 0.717) is 5.76 Å². The maximum atomic E-state index is 11.7. The maximum absolute atomic E-state index is 11.7. The normalized spacial score (nSPS) is 11.3. The summed E-state index contributed by atoms with van der Waals surface area (Å²) in [6.07, 6.45) is 0.734. The van der Waals surface area contributed by atoms with Crippen molar-refractivity contribution in [2.75, 3.05) is 0 Å². The van der Waals surface area contributed by atoms with Gasteiger partial charge in [0.25, 0.3) is 0 Å². The van der Waals surface area contributed by atoms with E-state index < -0.39 is 7.26 Å². The fourth-order valence-electron chi connectivity index (χ4n) is 3.65. The van der Waals surface area contributed by atoms with Crippen molar-refractivity contribution in [2.45, 2.75) is 13.1 Å². The van der Waals surface area contributed by atoms with Crippen LogP contribution in [0.25, 0.3) is 0 Å². The van der Waals surface area contributed by atoms with E-state index in [0.717, 1.165) is 11.9 Å². The SMILES string of the molecule is CC(=O)c1ccc(C[P+](c2ccccc2)(c2ccccc2)c2ccccc2)o1. The molecule has 0 fully saturated rings. The predicted octanol–water partition coefficient (Wildman–Crippen LogP) is 4.98. The summed E-state index contributed by atoms with van der Waals surface area (Å²) in [5, 5.41) is 3.90. The molecule has 0 radical (unpaired) electrons. The summed E-state index contributed by atoms with van der Waals surface area (Å²) < 4.78 is 5.94. The molecule has 4 aromatic rings. The van der Waals surface area contributed by atoms with E-state index in [9.17, 15) is 4.79 Å². The van der Waals surface area contributed by atoms with E-state index in [1.807, 2.05) is 6.07 Å². The van der Waals surface area contributed by atoms with Gasteiger partial charge in [-0.2, -0.15) is 0 Å². The van der Waals surface area contributed by atoms with Gasteiger partial charge in [0.1, 0.15) is 35.1 Å². The van der Waals surface area contributed by atoms with Crippen LogP contribution >= 0.6 is 7.26 Å². The van der Waals surface area contributed by atoms with Gasteiger partial charge in [-0.05, 0) is 48.5 Å². The highest BCUT2D eigenvalue weighted by atomic mass is 31.2. The minimum Gasteiger partial charge on any atom is -0.454 e. The van der Waals surface area contributed by atoms with Gasteiger partial charge >= 0.3 is 0 Å². The second kappa shape index (κ2) is 7.96. The molecule has 4 rings (SSSR count). The van der Waals surface area contributed by atoms with Gasteiger partial charge in [-0.25, -0.2) is 0 Å². The molecule has 28 heavy (non-hydrogen) atoms. The second-order valence-corrected chi connectivity index (χ2v) is 10.3. The monoisotopic (exact) mass is 385 g/mol.